The van der Waals surface area contributed by atoms with Gasteiger partial charge in [0.2, 0.25) is 0 Å². The van der Waals surface area contributed by atoms with E-state index < -0.39 is 11.8 Å². The van der Waals surface area contributed by atoms with E-state index in [2.05, 4.69) is 5.32 Å². The lowest BCUT2D eigenvalue weighted by Crippen LogP contribution is -2.03. The van der Waals surface area contributed by atoms with Crippen LogP contribution in [0.1, 0.15) is 29.8 Å². The van der Waals surface area contributed by atoms with Gasteiger partial charge in [-0.1, -0.05) is 26.0 Å². The third-order valence-electron chi connectivity index (χ3n) is 2.86. The van der Waals surface area contributed by atoms with Crippen LogP contribution in [0.3, 0.4) is 0 Å². The second-order valence-electron chi connectivity index (χ2n) is 4.20. The molecule has 0 spiro atoms. The Morgan fingerprint density at radius 1 is 1.18 bits per heavy atom. The molecule has 2 aromatic carbocycles. The summed E-state index contributed by atoms with van der Waals surface area (Å²) in [6, 6.07) is 11.4. The largest absolute Gasteiger partial charge is 0.497 e. The molecule has 0 aliphatic rings. The van der Waals surface area contributed by atoms with E-state index in [1.165, 1.54) is 18.2 Å². The second kappa shape index (κ2) is 8.67. The fourth-order valence-electron chi connectivity index (χ4n) is 1.75. The molecule has 0 atom stereocenters. The van der Waals surface area contributed by atoms with E-state index in [0.29, 0.717) is 12.2 Å². The Bertz CT molecular complexity index is 612. The van der Waals surface area contributed by atoms with Crippen molar-refractivity contribution in [2.24, 2.45) is 0 Å². The first-order chi connectivity index (χ1) is 10.6. The highest BCUT2D eigenvalue weighted by Gasteiger charge is 2.10. The van der Waals surface area contributed by atoms with Crippen LogP contribution in [0.4, 0.5) is 10.1 Å². The third-order valence-corrected chi connectivity index (χ3v) is 2.86. The maximum atomic E-state index is 13.5. The molecule has 0 bridgehead atoms. The Morgan fingerprint density at radius 3 is 2.32 bits per heavy atom. The van der Waals surface area contributed by atoms with E-state index in [1.54, 1.807) is 7.11 Å². The molecule has 5 heteroatoms. The van der Waals surface area contributed by atoms with Gasteiger partial charge in [-0.15, -0.1) is 0 Å². The van der Waals surface area contributed by atoms with Crippen LogP contribution in [0.2, 0.25) is 0 Å². The van der Waals surface area contributed by atoms with Gasteiger partial charge in [0.1, 0.15) is 11.6 Å². The molecule has 0 aromatic heterocycles. The third kappa shape index (κ3) is 4.77. The number of carboxylic acid groups (broad SMARTS) is 1. The van der Waals surface area contributed by atoms with Crippen molar-refractivity contribution in [2.75, 3.05) is 12.4 Å². The summed E-state index contributed by atoms with van der Waals surface area (Å²) in [6.45, 7) is 4.51. The molecule has 0 radical (unpaired) electrons. The highest BCUT2D eigenvalue weighted by Crippen LogP contribution is 2.16. The zero-order valence-electron chi connectivity index (χ0n) is 12.9. The van der Waals surface area contributed by atoms with Gasteiger partial charge < -0.3 is 15.2 Å². The fraction of sp³-hybridized carbons (Fsp3) is 0.235. The van der Waals surface area contributed by atoms with Crippen LogP contribution >= 0.6 is 0 Å². The fourth-order valence-corrected chi connectivity index (χ4v) is 1.75. The van der Waals surface area contributed by atoms with Gasteiger partial charge in [0.15, 0.2) is 0 Å². The minimum Gasteiger partial charge on any atom is -0.497 e. The van der Waals surface area contributed by atoms with Gasteiger partial charge in [0.25, 0.3) is 0 Å². The normalized spacial score (nSPS) is 9.45. The number of carboxylic acids is 1. The summed E-state index contributed by atoms with van der Waals surface area (Å²) in [5.74, 6) is -1.26. The highest BCUT2D eigenvalue weighted by atomic mass is 19.1. The summed E-state index contributed by atoms with van der Waals surface area (Å²) in [5, 5.41) is 11.8. The summed E-state index contributed by atoms with van der Waals surface area (Å²) in [6.07, 6.45) is 0. The molecule has 2 aromatic rings. The summed E-state index contributed by atoms with van der Waals surface area (Å²) in [4.78, 5) is 10.7. The zero-order chi connectivity index (χ0) is 16.5. The van der Waals surface area contributed by atoms with Crippen molar-refractivity contribution in [3.8, 4) is 5.75 Å². The van der Waals surface area contributed by atoms with Crippen molar-refractivity contribution in [1.82, 2.24) is 0 Å². The molecule has 4 nitrogen and oxygen atoms in total. The molecule has 0 heterocycles. The standard InChI is InChI=1S/C15H14FNO3.C2H6/c1-20-12-5-2-10(3-6-12)9-17-11-4-7-13(15(18)19)14(16)8-11;1-2/h2-8,17H,9H2,1H3,(H,18,19);1-2H3. The average Bonchev–Trinajstić information content (AvgIpc) is 2.55. The van der Waals surface area contributed by atoms with Crippen molar-refractivity contribution < 1.29 is 19.0 Å². The topological polar surface area (TPSA) is 58.6 Å². The predicted octanol–water partition coefficient (Wildman–Crippen LogP) is 4.17. The minimum absolute atomic E-state index is 0.333. The van der Waals surface area contributed by atoms with Gasteiger partial charge in [0.05, 0.1) is 12.7 Å². The number of methoxy groups -OCH3 is 1. The van der Waals surface area contributed by atoms with Crippen molar-refractivity contribution in [1.29, 1.82) is 0 Å². The molecule has 0 aliphatic heterocycles. The number of hydrogen-bond donors (Lipinski definition) is 2. The molecule has 2 rings (SSSR count). The van der Waals surface area contributed by atoms with Crippen molar-refractivity contribution in [3.05, 3.63) is 59.4 Å². The van der Waals surface area contributed by atoms with Gasteiger partial charge in [-0.2, -0.15) is 0 Å². The summed E-state index contributed by atoms with van der Waals surface area (Å²) in [7, 11) is 1.60. The number of hydrogen-bond acceptors (Lipinski definition) is 3. The predicted molar refractivity (Wildman–Crippen MR) is 85.0 cm³/mol. The molecular weight excluding hydrogens is 285 g/mol. The van der Waals surface area contributed by atoms with Crippen LogP contribution in [-0.4, -0.2) is 18.2 Å². The van der Waals surface area contributed by atoms with Gasteiger partial charge in [0, 0.05) is 12.2 Å². The lowest BCUT2D eigenvalue weighted by molar-refractivity contribution is 0.0692. The number of benzene rings is 2. The number of anilines is 1. The van der Waals surface area contributed by atoms with Gasteiger partial charge in [-0.3, -0.25) is 0 Å². The Hall–Kier alpha value is -2.56. The quantitative estimate of drug-likeness (QED) is 0.870. The lowest BCUT2D eigenvalue weighted by Gasteiger charge is -2.08. The van der Waals surface area contributed by atoms with Gasteiger partial charge in [-0.25, -0.2) is 9.18 Å². The smallest absolute Gasteiger partial charge is 0.338 e. The maximum Gasteiger partial charge on any atom is 0.338 e. The van der Waals surface area contributed by atoms with Gasteiger partial charge >= 0.3 is 5.97 Å². The van der Waals surface area contributed by atoms with Crippen LogP contribution in [0, 0.1) is 5.82 Å². The van der Waals surface area contributed by atoms with E-state index in [0.717, 1.165) is 11.3 Å². The number of nitrogens with one attached hydrogen (secondary N) is 1. The molecular formula is C17H20FNO3. The first kappa shape index (κ1) is 17.5. The summed E-state index contributed by atoms with van der Waals surface area (Å²) >= 11 is 0. The molecule has 118 valence electrons. The van der Waals surface area contributed by atoms with Crippen LogP contribution in [0.5, 0.6) is 5.75 Å². The first-order valence-corrected chi connectivity index (χ1v) is 7.00. The number of ether oxygens (including phenoxy) is 1. The minimum atomic E-state index is -1.27. The molecule has 2 N–H and O–H groups in total. The number of carbonyl (C=O) groups is 1. The SMILES string of the molecule is CC.COc1ccc(CNc2ccc(C(=O)O)c(F)c2)cc1. The van der Waals surface area contributed by atoms with Crippen LogP contribution in [0.15, 0.2) is 42.5 Å². The monoisotopic (exact) mass is 305 g/mol. The summed E-state index contributed by atoms with van der Waals surface area (Å²) < 4.78 is 18.5. The molecule has 22 heavy (non-hydrogen) atoms. The van der Waals surface area contributed by atoms with E-state index >= 15 is 0 Å². The van der Waals surface area contributed by atoms with Crippen molar-refractivity contribution >= 4 is 11.7 Å². The number of halogens is 1. The molecule has 0 saturated carbocycles. The molecule has 0 saturated heterocycles. The molecule has 0 aliphatic carbocycles. The Balaban J connectivity index is 0.00000116. The lowest BCUT2D eigenvalue weighted by atomic mass is 10.1. The van der Waals surface area contributed by atoms with E-state index in [-0.39, 0.29) is 5.56 Å². The maximum absolute atomic E-state index is 13.5. The van der Waals surface area contributed by atoms with Crippen LogP contribution in [0.25, 0.3) is 0 Å². The Kier molecular flexibility index (Phi) is 6.89. The molecule has 0 unspecified atom stereocenters. The highest BCUT2D eigenvalue weighted by molar-refractivity contribution is 5.88. The molecule has 0 amide bonds. The second-order valence-corrected chi connectivity index (χ2v) is 4.20. The number of aromatic carboxylic acids is 1. The van der Waals surface area contributed by atoms with E-state index in [9.17, 15) is 9.18 Å². The van der Waals surface area contributed by atoms with Crippen molar-refractivity contribution in [3.63, 3.8) is 0 Å². The van der Waals surface area contributed by atoms with Gasteiger partial charge in [-0.05, 0) is 35.9 Å². The first-order valence-electron chi connectivity index (χ1n) is 7.00. The zero-order valence-corrected chi connectivity index (χ0v) is 12.9. The molecule has 0 fully saturated rings. The van der Waals surface area contributed by atoms with Crippen LogP contribution < -0.4 is 10.1 Å². The Labute approximate surface area is 129 Å². The van der Waals surface area contributed by atoms with Crippen LogP contribution in [-0.2, 0) is 6.54 Å². The van der Waals surface area contributed by atoms with Crippen molar-refractivity contribution in [2.45, 2.75) is 20.4 Å². The van der Waals surface area contributed by atoms with E-state index in [4.69, 9.17) is 9.84 Å². The summed E-state index contributed by atoms with van der Waals surface area (Å²) in [5.41, 5.74) is 1.21. The van der Waals surface area contributed by atoms with E-state index in [1.807, 2.05) is 38.1 Å². The average molecular weight is 305 g/mol. The Morgan fingerprint density at radius 2 is 1.82 bits per heavy atom. The number of rotatable bonds is 5.